The molecule has 0 aliphatic heterocycles. The van der Waals surface area contributed by atoms with E-state index in [1.54, 1.807) is 24.4 Å². The van der Waals surface area contributed by atoms with Gasteiger partial charge in [0.15, 0.2) is 5.82 Å². The van der Waals surface area contributed by atoms with Crippen molar-refractivity contribution in [3.63, 3.8) is 0 Å². The first-order valence-corrected chi connectivity index (χ1v) is 7.90. The van der Waals surface area contributed by atoms with E-state index in [0.29, 0.717) is 33.0 Å². The van der Waals surface area contributed by atoms with Gasteiger partial charge in [0.2, 0.25) is 0 Å². The van der Waals surface area contributed by atoms with Crippen LogP contribution >= 0.6 is 23.2 Å². The zero-order chi connectivity index (χ0) is 16.9. The Hall–Kier alpha value is -2.50. The maximum Gasteiger partial charge on any atom is 0.182 e. The molecule has 1 N–H and O–H groups in total. The lowest BCUT2D eigenvalue weighted by atomic mass is 10.2. The molecule has 0 atom stereocenters. The lowest BCUT2D eigenvalue weighted by Gasteiger charge is -2.06. The zero-order valence-electron chi connectivity index (χ0n) is 12.7. The molecule has 0 bridgehead atoms. The molecule has 7 heteroatoms. The number of hydrazone groups is 1. The van der Waals surface area contributed by atoms with Crippen LogP contribution in [0.1, 0.15) is 12.6 Å². The molecule has 0 fully saturated rings. The van der Waals surface area contributed by atoms with Crippen molar-refractivity contribution in [2.75, 3.05) is 5.43 Å². The van der Waals surface area contributed by atoms with Crippen LogP contribution < -0.4 is 5.43 Å². The topological polar surface area (TPSA) is 63.1 Å². The molecular weight excluding hydrogens is 345 g/mol. The van der Waals surface area contributed by atoms with E-state index in [9.17, 15) is 0 Å². The average Bonchev–Trinajstić information content (AvgIpc) is 2.61. The Morgan fingerprint density at radius 3 is 2.62 bits per heavy atom. The summed E-state index contributed by atoms with van der Waals surface area (Å²) in [6, 6.07) is 14.8. The summed E-state index contributed by atoms with van der Waals surface area (Å²) in [4.78, 5) is 4.49. The van der Waals surface area contributed by atoms with Crippen molar-refractivity contribution in [2.24, 2.45) is 5.10 Å². The third-order valence-corrected chi connectivity index (χ3v) is 3.78. The molecule has 0 saturated heterocycles. The minimum atomic E-state index is 0.491. The Labute approximate surface area is 149 Å². The molecule has 0 aliphatic carbocycles. The van der Waals surface area contributed by atoms with Crippen LogP contribution in [0.5, 0.6) is 0 Å². The summed E-state index contributed by atoms with van der Waals surface area (Å²) >= 11 is 12.0. The molecule has 2 aromatic carbocycles. The average molecular weight is 358 g/mol. The minimum Gasteiger partial charge on any atom is -0.277 e. The van der Waals surface area contributed by atoms with Crippen molar-refractivity contribution >= 4 is 34.6 Å². The first kappa shape index (κ1) is 16.4. The van der Waals surface area contributed by atoms with Crippen LogP contribution in [0, 0.1) is 0 Å². The second-order valence-electron chi connectivity index (χ2n) is 4.96. The molecule has 0 unspecified atom stereocenters. The lowest BCUT2D eigenvalue weighted by molar-refractivity contribution is 0.970. The fourth-order valence-corrected chi connectivity index (χ4v) is 2.42. The highest BCUT2D eigenvalue weighted by molar-refractivity contribution is 6.36. The third-order valence-electron chi connectivity index (χ3n) is 3.24. The molecule has 0 saturated carbocycles. The Kier molecular flexibility index (Phi) is 5.03. The van der Waals surface area contributed by atoms with Gasteiger partial charge in [-0.1, -0.05) is 53.5 Å². The van der Waals surface area contributed by atoms with E-state index < -0.39 is 0 Å². The minimum absolute atomic E-state index is 0.491. The molecule has 3 rings (SSSR count). The normalized spacial score (nSPS) is 11.4. The molecular formula is C17H13Cl2N5. The van der Waals surface area contributed by atoms with E-state index in [0.717, 1.165) is 5.56 Å². The molecule has 3 aromatic rings. The van der Waals surface area contributed by atoms with Gasteiger partial charge in [-0.3, -0.25) is 5.43 Å². The summed E-state index contributed by atoms with van der Waals surface area (Å²) in [6.45, 7) is 1.83. The number of benzene rings is 2. The monoisotopic (exact) mass is 357 g/mol. The SMILES string of the molecule is C/C(=N\Nc1ccc(Cl)cc1Cl)c1cnnc(-c2ccccc2)n1. The summed E-state index contributed by atoms with van der Waals surface area (Å²) in [7, 11) is 0. The molecule has 24 heavy (non-hydrogen) atoms. The van der Waals surface area contributed by atoms with Gasteiger partial charge in [-0.05, 0) is 25.1 Å². The summed E-state index contributed by atoms with van der Waals surface area (Å²) < 4.78 is 0. The van der Waals surface area contributed by atoms with Gasteiger partial charge in [-0.2, -0.15) is 10.2 Å². The number of nitrogens with one attached hydrogen (secondary N) is 1. The molecule has 120 valence electrons. The molecule has 0 aliphatic rings. The number of hydrogen-bond donors (Lipinski definition) is 1. The van der Waals surface area contributed by atoms with E-state index in [1.807, 2.05) is 37.3 Å². The quantitative estimate of drug-likeness (QED) is 0.543. The van der Waals surface area contributed by atoms with Gasteiger partial charge in [-0.25, -0.2) is 4.98 Å². The van der Waals surface area contributed by atoms with Gasteiger partial charge in [0.05, 0.1) is 22.6 Å². The van der Waals surface area contributed by atoms with Crippen molar-refractivity contribution < 1.29 is 0 Å². The Balaban J connectivity index is 1.83. The number of hydrogen-bond acceptors (Lipinski definition) is 5. The van der Waals surface area contributed by atoms with Gasteiger partial charge in [0, 0.05) is 10.6 Å². The van der Waals surface area contributed by atoms with Crippen molar-refractivity contribution in [2.45, 2.75) is 6.92 Å². The van der Waals surface area contributed by atoms with Crippen LogP contribution in [-0.4, -0.2) is 20.9 Å². The van der Waals surface area contributed by atoms with Crippen LogP contribution in [0.25, 0.3) is 11.4 Å². The fraction of sp³-hybridized carbons (Fsp3) is 0.0588. The van der Waals surface area contributed by atoms with Gasteiger partial charge in [-0.15, -0.1) is 5.10 Å². The van der Waals surface area contributed by atoms with Crippen LogP contribution in [0.2, 0.25) is 10.0 Å². The first-order chi connectivity index (χ1) is 11.6. The lowest BCUT2D eigenvalue weighted by Crippen LogP contribution is -2.06. The van der Waals surface area contributed by atoms with Crippen LogP contribution in [0.15, 0.2) is 59.8 Å². The molecule has 5 nitrogen and oxygen atoms in total. The van der Waals surface area contributed by atoms with Gasteiger partial charge in [0.1, 0.15) is 5.69 Å². The predicted molar refractivity (Wildman–Crippen MR) is 97.6 cm³/mol. The van der Waals surface area contributed by atoms with Crippen LogP contribution in [-0.2, 0) is 0 Å². The highest BCUT2D eigenvalue weighted by atomic mass is 35.5. The molecule has 0 radical (unpaired) electrons. The number of halogens is 2. The molecule has 0 amide bonds. The molecule has 1 heterocycles. The largest absolute Gasteiger partial charge is 0.277 e. The number of rotatable bonds is 4. The second-order valence-corrected chi connectivity index (χ2v) is 5.81. The van der Waals surface area contributed by atoms with Crippen LogP contribution in [0.4, 0.5) is 5.69 Å². The zero-order valence-corrected chi connectivity index (χ0v) is 14.3. The number of nitrogens with zero attached hydrogens (tertiary/aromatic N) is 4. The Morgan fingerprint density at radius 2 is 1.88 bits per heavy atom. The van der Waals surface area contributed by atoms with Gasteiger partial charge >= 0.3 is 0 Å². The Morgan fingerprint density at radius 1 is 1.08 bits per heavy atom. The summed E-state index contributed by atoms with van der Waals surface area (Å²) in [5.41, 5.74) is 5.75. The fourth-order valence-electron chi connectivity index (χ4n) is 1.97. The number of anilines is 1. The number of aromatic nitrogens is 3. The molecule has 0 spiro atoms. The van der Waals surface area contributed by atoms with Crippen molar-refractivity contribution in [3.8, 4) is 11.4 Å². The van der Waals surface area contributed by atoms with Crippen molar-refractivity contribution in [3.05, 3.63) is 70.5 Å². The first-order valence-electron chi connectivity index (χ1n) is 7.14. The maximum atomic E-state index is 6.11. The highest BCUT2D eigenvalue weighted by Gasteiger charge is 2.06. The standard InChI is InChI=1S/C17H13Cl2N5/c1-11(22-23-15-8-7-13(18)9-14(15)19)16-10-20-24-17(21-16)12-5-3-2-4-6-12/h2-10,23H,1H3/b22-11+. The Bertz CT molecular complexity index is 881. The van der Waals surface area contributed by atoms with Gasteiger partial charge in [0.25, 0.3) is 0 Å². The maximum absolute atomic E-state index is 6.11. The van der Waals surface area contributed by atoms with Crippen LogP contribution in [0.3, 0.4) is 0 Å². The van der Waals surface area contributed by atoms with Crippen molar-refractivity contribution in [1.29, 1.82) is 0 Å². The third kappa shape index (κ3) is 3.88. The summed E-state index contributed by atoms with van der Waals surface area (Å²) in [5, 5.41) is 13.4. The highest BCUT2D eigenvalue weighted by Crippen LogP contribution is 2.25. The van der Waals surface area contributed by atoms with E-state index in [4.69, 9.17) is 23.2 Å². The predicted octanol–water partition coefficient (Wildman–Crippen LogP) is 4.68. The summed E-state index contributed by atoms with van der Waals surface area (Å²) in [5.74, 6) is 0.548. The van der Waals surface area contributed by atoms with Crippen molar-refractivity contribution in [1.82, 2.24) is 15.2 Å². The van der Waals surface area contributed by atoms with E-state index in [1.165, 1.54) is 0 Å². The smallest absolute Gasteiger partial charge is 0.182 e. The molecule has 1 aromatic heterocycles. The van der Waals surface area contributed by atoms with E-state index in [-0.39, 0.29) is 0 Å². The van der Waals surface area contributed by atoms with E-state index in [2.05, 4.69) is 25.7 Å². The van der Waals surface area contributed by atoms with Gasteiger partial charge < -0.3 is 0 Å². The second kappa shape index (κ2) is 7.38. The summed E-state index contributed by atoms with van der Waals surface area (Å²) in [6.07, 6.45) is 1.57. The van der Waals surface area contributed by atoms with E-state index >= 15 is 0 Å².